The Hall–Kier alpha value is -3.79. The number of benzene rings is 2. The average molecular weight is 408 g/mol. The van der Waals surface area contributed by atoms with Crippen molar-refractivity contribution in [3.63, 3.8) is 0 Å². The van der Waals surface area contributed by atoms with E-state index in [9.17, 15) is 14.4 Å². The van der Waals surface area contributed by atoms with Crippen LogP contribution >= 0.6 is 0 Å². The number of rotatable bonds is 5. The maximum atomic E-state index is 13.8. The zero-order valence-electron chi connectivity index (χ0n) is 16.9. The van der Waals surface area contributed by atoms with Gasteiger partial charge in [0.1, 0.15) is 29.0 Å². The Bertz CT molecular complexity index is 1080. The van der Waals surface area contributed by atoms with Crippen LogP contribution in [0.1, 0.15) is 25.3 Å². The van der Waals surface area contributed by atoms with Gasteiger partial charge in [0, 0.05) is 5.56 Å². The summed E-state index contributed by atoms with van der Waals surface area (Å²) in [6.45, 7) is 3.48. The molecule has 0 fully saturated rings. The number of carbonyl (C=O) groups is 1. The van der Waals surface area contributed by atoms with Gasteiger partial charge in [0.25, 0.3) is 0 Å². The molecule has 0 spiro atoms. The summed E-state index contributed by atoms with van der Waals surface area (Å²) < 4.78 is 29.6. The maximum Gasteiger partial charge on any atom is 0.338 e. The molecule has 1 heterocycles. The summed E-state index contributed by atoms with van der Waals surface area (Å²) in [7, 11) is 1.51. The van der Waals surface area contributed by atoms with Crippen molar-refractivity contribution in [1.82, 2.24) is 0 Å². The molecule has 1 atom stereocenters. The molecule has 1 unspecified atom stereocenters. The van der Waals surface area contributed by atoms with E-state index in [4.69, 9.17) is 19.9 Å². The summed E-state index contributed by atoms with van der Waals surface area (Å²) in [6.07, 6.45) is 0. The van der Waals surface area contributed by atoms with Crippen molar-refractivity contribution >= 4 is 5.97 Å². The van der Waals surface area contributed by atoms with Gasteiger partial charge in [0.15, 0.2) is 0 Å². The van der Waals surface area contributed by atoms with Gasteiger partial charge in [-0.3, -0.25) is 0 Å². The van der Waals surface area contributed by atoms with Gasteiger partial charge in [-0.05, 0) is 43.2 Å². The quantitative estimate of drug-likeness (QED) is 0.747. The van der Waals surface area contributed by atoms with Crippen LogP contribution in [0.25, 0.3) is 11.1 Å². The molecular weight excluding hydrogens is 387 g/mol. The Labute approximate surface area is 174 Å². The molecule has 1 aliphatic rings. The molecule has 3 rings (SSSR count). The zero-order valence-corrected chi connectivity index (χ0v) is 16.9. The second kappa shape index (κ2) is 8.70. The predicted molar refractivity (Wildman–Crippen MR) is 108 cm³/mol. The fourth-order valence-corrected chi connectivity index (χ4v) is 3.45. The number of nitrogens with two attached hydrogens (primary N) is 1. The van der Waals surface area contributed by atoms with Crippen LogP contribution in [-0.4, -0.2) is 19.7 Å². The molecule has 0 radical (unpaired) electrons. The molecule has 6 nitrogen and oxygen atoms in total. The molecule has 154 valence electrons. The van der Waals surface area contributed by atoms with Crippen molar-refractivity contribution in [2.24, 2.45) is 5.73 Å². The van der Waals surface area contributed by atoms with Crippen LogP contribution in [0, 0.1) is 17.1 Å². The van der Waals surface area contributed by atoms with E-state index < -0.39 is 11.9 Å². The average Bonchev–Trinajstić information content (AvgIpc) is 2.73. The maximum absolute atomic E-state index is 13.8. The van der Waals surface area contributed by atoms with Gasteiger partial charge in [-0.2, -0.15) is 5.26 Å². The summed E-state index contributed by atoms with van der Waals surface area (Å²) in [4.78, 5) is 12.6. The molecule has 0 bridgehead atoms. The van der Waals surface area contributed by atoms with E-state index in [1.807, 2.05) is 6.07 Å². The van der Waals surface area contributed by atoms with E-state index >= 15 is 0 Å². The monoisotopic (exact) mass is 408 g/mol. The molecule has 0 amide bonds. The van der Waals surface area contributed by atoms with Crippen LogP contribution in [-0.2, 0) is 14.3 Å². The van der Waals surface area contributed by atoms with Crippen LogP contribution < -0.4 is 10.5 Å². The number of esters is 1. The van der Waals surface area contributed by atoms with Crippen molar-refractivity contribution < 1.29 is 23.4 Å². The third kappa shape index (κ3) is 3.85. The minimum atomic E-state index is -0.730. The van der Waals surface area contributed by atoms with E-state index in [1.165, 1.54) is 19.2 Å². The number of halogens is 1. The molecule has 0 aromatic heterocycles. The third-order valence-corrected chi connectivity index (χ3v) is 4.82. The highest BCUT2D eigenvalue weighted by Crippen LogP contribution is 2.40. The van der Waals surface area contributed by atoms with Crippen LogP contribution in [0.5, 0.6) is 5.75 Å². The van der Waals surface area contributed by atoms with Crippen molar-refractivity contribution in [3.8, 4) is 22.9 Å². The summed E-state index contributed by atoms with van der Waals surface area (Å²) in [5.41, 5.74) is 8.21. The first-order chi connectivity index (χ1) is 14.4. The van der Waals surface area contributed by atoms with Gasteiger partial charge in [0.2, 0.25) is 5.88 Å². The molecule has 2 aromatic rings. The standard InChI is InChI=1S/C23H21FN2O4/c1-4-29-23(27)20-13(2)30-22(26)18(12-25)21(20)15-7-5-14(6-8-15)17-11-16(24)9-10-19(17)28-3/h5-11,21H,4,26H2,1-3H3. The molecule has 0 saturated heterocycles. The van der Waals surface area contributed by atoms with E-state index in [1.54, 1.807) is 44.2 Å². The second-order valence-electron chi connectivity index (χ2n) is 6.58. The Morgan fingerprint density at radius 2 is 1.97 bits per heavy atom. The highest BCUT2D eigenvalue weighted by atomic mass is 19.1. The minimum Gasteiger partial charge on any atom is -0.496 e. The third-order valence-electron chi connectivity index (χ3n) is 4.82. The van der Waals surface area contributed by atoms with Crippen LogP contribution in [0.3, 0.4) is 0 Å². The van der Waals surface area contributed by atoms with Gasteiger partial charge < -0.3 is 19.9 Å². The summed E-state index contributed by atoms with van der Waals surface area (Å²) in [5.74, 6) is -0.929. The molecule has 0 saturated carbocycles. The summed E-state index contributed by atoms with van der Waals surface area (Å²) >= 11 is 0. The fraction of sp³-hybridized carbons (Fsp3) is 0.217. The first-order valence-electron chi connectivity index (χ1n) is 9.30. The number of hydrogen-bond donors (Lipinski definition) is 1. The normalized spacial score (nSPS) is 16.0. The SMILES string of the molecule is CCOC(=O)C1=C(C)OC(N)=C(C#N)C1c1ccc(-c2cc(F)ccc2OC)cc1. The van der Waals surface area contributed by atoms with E-state index in [-0.39, 0.29) is 35.2 Å². The lowest BCUT2D eigenvalue weighted by atomic mass is 9.82. The molecule has 7 heteroatoms. The van der Waals surface area contributed by atoms with Crippen LogP contribution in [0.15, 0.2) is 65.3 Å². The lowest BCUT2D eigenvalue weighted by Crippen LogP contribution is -2.25. The fourth-order valence-electron chi connectivity index (χ4n) is 3.45. The largest absolute Gasteiger partial charge is 0.496 e. The van der Waals surface area contributed by atoms with Crippen LogP contribution in [0.4, 0.5) is 4.39 Å². The number of allylic oxidation sites excluding steroid dienone is 2. The van der Waals surface area contributed by atoms with E-state index in [0.29, 0.717) is 16.9 Å². The van der Waals surface area contributed by atoms with Crippen molar-refractivity contribution in [2.75, 3.05) is 13.7 Å². The number of hydrogen-bond acceptors (Lipinski definition) is 6. The molecule has 1 aliphatic heterocycles. The smallest absolute Gasteiger partial charge is 0.338 e. The molecule has 0 aliphatic carbocycles. The van der Waals surface area contributed by atoms with Crippen molar-refractivity contribution in [3.05, 3.63) is 76.6 Å². The Balaban J connectivity index is 2.08. The lowest BCUT2D eigenvalue weighted by molar-refractivity contribution is -0.139. The molecule has 2 N–H and O–H groups in total. The summed E-state index contributed by atoms with van der Waals surface area (Å²) in [5, 5.41) is 9.64. The predicted octanol–water partition coefficient (Wildman–Crippen LogP) is 4.15. The lowest BCUT2D eigenvalue weighted by Gasteiger charge is -2.27. The van der Waals surface area contributed by atoms with Gasteiger partial charge in [-0.15, -0.1) is 0 Å². The highest BCUT2D eigenvalue weighted by molar-refractivity contribution is 5.92. The number of methoxy groups -OCH3 is 1. The topological polar surface area (TPSA) is 94.6 Å². The number of nitriles is 1. The first kappa shape index (κ1) is 20.9. The Morgan fingerprint density at radius 1 is 1.27 bits per heavy atom. The van der Waals surface area contributed by atoms with Crippen molar-refractivity contribution in [1.29, 1.82) is 5.26 Å². The van der Waals surface area contributed by atoms with Gasteiger partial charge in [-0.1, -0.05) is 24.3 Å². The zero-order chi connectivity index (χ0) is 21.8. The number of nitrogens with zero attached hydrogens (tertiary/aromatic N) is 1. The van der Waals surface area contributed by atoms with Crippen molar-refractivity contribution in [2.45, 2.75) is 19.8 Å². The molecule has 30 heavy (non-hydrogen) atoms. The van der Waals surface area contributed by atoms with Gasteiger partial charge >= 0.3 is 5.97 Å². The highest BCUT2D eigenvalue weighted by Gasteiger charge is 2.36. The number of carbonyl (C=O) groups excluding carboxylic acids is 1. The van der Waals surface area contributed by atoms with Gasteiger partial charge in [0.05, 0.1) is 25.2 Å². The number of ether oxygens (including phenoxy) is 3. The summed E-state index contributed by atoms with van der Waals surface area (Å²) in [6, 6.07) is 13.4. The molecule has 2 aromatic carbocycles. The minimum absolute atomic E-state index is 0.0519. The van der Waals surface area contributed by atoms with Crippen LogP contribution in [0.2, 0.25) is 0 Å². The van der Waals surface area contributed by atoms with Gasteiger partial charge in [-0.25, -0.2) is 9.18 Å². The Morgan fingerprint density at radius 3 is 2.57 bits per heavy atom. The Kier molecular flexibility index (Phi) is 6.07. The molecular formula is C23H21FN2O4. The first-order valence-corrected chi connectivity index (χ1v) is 9.30. The second-order valence-corrected chi connectivity index (χ2v) is 6.58. The van der Waals surface area contributed by atoms with E-state index in [0.717, 1.165) is 5.56 Å². The van der Waals surface area contributed by atoms with E-state index in [2.05, 4.69) is 0 Å².